The van der Waals surface area contributed by atoms with Gasteiger partial charge in [-0.25, -0.2) is 5.53 Å². The van der Waals surface area contributed by atoms with Crippen molar-refractivity contribution in [1.82, 2.24) is 0 Å². The second-order valence-corrected chi connectivity index (χ2v) is 2.70. The first-order valence-corrected chi connectivity index (χ1v) is 4.01. The maximum atomic E-state index is 6.99. The summed E-state index contributed by atoms with van der Waals surface area (Å²) in [5.74, 6) is 0. The molecule has 0 heterocycles. The van der Waals surface area contributed by atoms with Crippen LogP contribution in [0.3, 0.4) is 0 Å². The van der Waals surface area contributed by atoms with Crippen LogP contribution in [0.25, 0.3) is 0 Å². The largest absolute Gasteiger partial charge is 0.204 e. The van der Waals surface area contributed by atoms with Gasteiger partial charge in [0.25, 0.3) is 0 Å². The van der Waals surface area contributed by atoms with E-state index in [0.717, 1.165) is 16.8 Å². The zero-order valence-corrected chi connectivity index (χ0v) is 8.18. The molecule has 0 aromatic carbocycles. The predicted octanol–water partition coefficient (Wildman–Crippen LogP) is 3.83. The number of rotatable bonds is 3. The molecule has 12 heavy (non-hydrogen) atoms. The van der Waals surface area contributed by atoms with Gasteiger partial charge >= 0.3 is 0 Å². The van der Waals surface area contributed by atoms with Crippen LogP contribution in [0.4, 0.5) is 0 Å². The van der Waals surface area contributed by atoms with Gasteiger partial charge in [-0.1, -0.05) is 18.2 Å². The molecule has 0 atom stereocenters. The van der Waals surface area contributed by atoms with Gasteiger partial charge in [-0.3, -0.25) is 0 Å². The summed E-state index contributed by atoms with van der Waals surface area (Å²) >= 11 is 0. The summed E-state index contributed by atoms with van der Waals surface area (Å²) in [6, 6.07) is 0. The van der Waals surface area contributed by atoms with Crippen molar-refractivity contribution in [3.63, 3.8) is 0 Å². The minimum Gasteiger partial charge on any atom is -0.204 e. The normalized spacial score (nSPS) is 11.8. The minimum absolute atomic E-state index is 0.760. The molecule has 0 bridgehead atoms. The quantitative estimate of drug-likeness (QED) is 0.486. The van der Waals surface area contributed by atoms with Crippen molar-refractivity contribution in [2.45, 2.75) is 27.7 Å². The first kappa shape index (κ1) is 10.8. The number of hydrogen-bond donors (Lipinski definition) is 1. The smallest absolute Gasteiger partial charge is 0.0905 e. The predicted molar refractivity (Wildman–Crippen MR) is 52.1 cm³/mol. The van der Waals surface area contributed by atoms with Crippen molar-refractivity contribution in [3.8, 4) is 0 Å². The molecule has 0 amide bonds. The van der Waals surface area contributed by atoms with Crippen molar-refractivity contribution in [3.05, 3.63) is 35.1 Å². The Bertz CT molecular complexity index is 241. The van der Waals surface area contributed by atoms with Crippen LogP contribution < -0.4 is 0 Å². The van der Waals surface area contributed by atoms with Gasteiger partial charge in [-0.15, -0.1) is 0 Å². The highest BCUT2D eigenvalue weighted by Crippen LogP contribution is 2.16. The molecule has 2 nitrogen and oxygen atoms in total. The molecule has 2 heteroatoms. The zero-order valence-electron chi connectivity index (χ0n) is 8.18. The van der Waals surface area contributed by atoms with Crippen molar-refractivity contribution in [2.75, 3.05) is 0 Å². The average molecular weight is 164 g/mol. The van der Waals surface area contributed by atoms with Gasteiger partial charge in [0.2, 0.25) is 0 Å². The summed E-state index contributed by atoms with van der Waals surface area (Å²) in [5.41, 5.74) is 9.83. The van der Waals surface area contributed by atoms with Gasteiger partial charge in [0, 0.05) is 0 Å². The maximum absolute atomic E-state index is 6.99. The van der Waals surface area contributed by atoms with Crippen molar-refractivity contribution >= 4 is 0 Å². The van der Waals surface area contributed by atoms with Gasteiger partial charge in [0.15, 0.2) is 0 Å². The number of allylic oxidation sites excluding steroid dienone is 4. The average Bonchev–Trinajstić information content (AvgIpc) is 2.03. The topological polar surface area (TPSA) is 36.2 Å². The molecule has 0 saturated carbocycles. The van der Waals surface area contributed by atoms with E-state index in [4.69, 9.17) is 5.53 Å². The van der Waals surface area contributed by atoms with E-state index >= 15 is 0 Å². The van der Waals surface area contributed by atoms with Gasteiger partial charge < -0.3 is 0 Å². The number of hydrogen-bond acceptors (Lipinski definition) is 2. The Balaban J connectivity index is 4.97. The monoisotopic (exact) mass is 164 g/mol. The summed E-state index contributed by atoms with van der Waals surface area (Å²) in [4.78, 5) is 0. The third kappa shape index (κ3) is 2.82. The fourth-order valence-electron chi connectivity index (χ4n) is 0.956. The summed E-state index contributed by atoms with van der Waals surface area (Å²) < 4.78 is 0. The van der Waals surface area contributed by atoms with E-state index in [1.165, 1.54) is 0 Å². The van der Waals surface area contributed by atoms with E-state index in [0.29, 0.717) is 0 Å². The SMILES string of the molecule is CC=C/C(=C/C)C(N=N)=C(C)C. The van der Waals surface area contributed by atoms with Gasteiger partial charge in [-0.05, 0) is 38.8 Å². The molecule has 0 aliphatic carbocycles. The first-order valence-electron chi connectivity index (χ1n) is 4.01. The first-order chi connectivity index (χ1) is 5.67. The van der Waals surface area contributed by atoms with Gasteiger partial charge in [-0.2, -0.15) is 5.11 Å². The molecule has 0 aliphatic heterocycles. The van der Waals surface area contributed by atoms with Crippen LogP contribution in [0, 0.1) is 5.53 Å². The van der Waals surface area contributed by atoms with E-state index < -0.39 is 0 Å². The highest BCUT2D eigenvalue weighted by molar-refractivity contribution is 5.40. The molecule has 66 valence electrons. The molecule has 0 fully saturated rings. The van der Waals surface area contributed by atoms with Crippen LogP contribution in [0.15, 0.2) is 40.2 Å². The molecule has 0 saturated heterocycles. The fourth-order valence-corrected chi connectivity index (χ4v) is 0.956. The standard InChI is InChI=1S/C10H16N2/c1-5-7-9(6-2)10(12-11)8(3)4/h5-7,11H,1-4H3/b7-5?,9-6-,12-11?. The summed E-state index contributed by atoms with van der Waals surface area (Å²) in [6.07, 6.45) is 5.87. The maximum Gasteiger partial charge on any atom is 0.0905 e. The van der Waals surface area contributed by atoms with E-state index in [1.807, 2.05) is 45.9 Å². The molecule has 0 unspecified atom stereocenters. The third-order valence-electron chi connectivity index (χ3n) is 1.52. The number of nitrogens with one attached hydrogen (secondary N) is 1. The van der Waals surface area contributed by atoms with Crippen molar-refractivity contribution < 1.29 is 0 Å². The second kappa shape index (κ2) is 5.47. The molecule has 0 aromatic rings. The molecule has 0 radical (unpaired) electrons. The lowest BCUT2D eigenvalue weighted by atomic mass is 10.1. The van der Waals surface area contributed by atoms with Crippen LogP contribution in [0.2, 0.25) is 0 Å². The lowest BCUT2D eigenvalue weighted by molar-refractivity contribution is 1.04. The molecular weight excluding hydrogens is 148 g/mol. The Morgan fingerprint density at radius 1 is 1.25 bits per heavy atom. The summed E-state index contributed by atoms with van der Waals surface area (Å²) in [5, 5.41) is 3.49. The van der Waals surface area contributed by atoms with Gasteiger partial charge in [0.1, 0.15) is 0 Å². The van der Waals surface area contributed by atoms with E-state index in [1.54, 1.807) is 0 Å². The highest BCUT2D eigenvalue weighted by atomic mass is 15.0. The molecule has 0 aliphatic rings. The van der Waals surface area contributed by atoms with E-state index in [-0.39, 0.29) is 0 Å². The summed E-state index contributed by atoms with van der Waals surface area (Å²) in [6.45, 7) is 7.82. The van der Waals surface area contributed by atoms with Crippen LogP contribution >= 0.6 is 0 Å². The van der Waals surface area contributed by atoms with Crippen molar-refractivity contribution in [1.29, 1.82) is 5.53 Å². The Labute approximate surface area is 74.2 Å². The minimum atomic E-state index is 0.760. The Hall–Kier alpha value is -1.18. The van der Waals surface area contributed by atoms with Gasteiger partial charge in [0.05, 0.1) is 5.70 Å². The summed E-state index contributed by atoms with van der Waals surface area (Å²) in [7, 11) is 0. The van der Waals surface area contributed by atoms with Crippen LogP contribution in [-0.4, -0.2) is 0 Å². The van der Waals surface area contributed by atoms with Crippen molar-refractivity contribution in [2.24, 2.45) is 5.11 Å². The second-order valence-electron chi connectivity index (χ2n) is 2.70. The fraction of sp³-hybridized carbons (Fsp3) is 0.400. The molecule has 0 spiro atoms. The molecule has 0 rings (SSSR count). The molecule has 0 aromatic heterocycles. The Kier molecular flexibility index (Phi) is 4.93. The highest BCUT2D eigenvalue weighted by Gasteiger charge is 2.00. The Morgan fingerprint density at radius 3 is 2.08 bits per heavy atom. The Morgan fingerprint density at radius 2 is 1.83 bits per heavy atom. The lowest BCUT2D eigenvalue weighted by Crippen LogP contribution is -1.85. The molecule has 1 N–H and O–H groups in total. The van der Waals surface area contributed by atoms with Crippen LogP contribution in [-0.2, 0) is 0 Å². The van der Waals surface area contributed by atoms with E-state index in [2.05, 4.69) is 5.11 Å². The zero-order chi connectivity index (χ0) is 9.56. The van der Waals surface area contributed by atoms with Crippen LogP contribution in [0.1, 0.15) is 27.7 Å². The lowest BCUT2D eigenvalue weighted by Gasteiger charge is -2.02. The number of nitrogens with zero attached hydrogens (tertiary/aromatic N) is 1. The third-order valence-corrected chi connectivity index (χ3v) is 1.52. The van der Waals surface area contributed by atoms with E-state index in [9.17, 15) is 0 Å². The van der Waals surface area contributed by atoms with Crippen LogP contribution in [0.5, 0.6) is 0 Å². The molecular formula is C10H16N2.